The van der Waals surface area contributed by atoms with Crippen molar-refractivity contribution in [3.8, 4) is 0 Å². The highest BCUT2D eigenvalue weighted by Crippen LogP contribution is 2.29. The van der Waals surface area contributed by atoms with E-state index in [1.165, 1.54) is 18.4 Å². The predicted molar refractivity (Wildman–Crippen MR) is 84.0 cm³/mol. The molecule has 0 aliphatic carbocycles. The SMILES string of the molecule is COCC1CCCN(C(c2ccc(Cl)cc2)C(C)N)C1. The first kappa shape index (κ1) is 15.8. The van der Waals surface area contributed by atoms with Crippen molar-refractivity contribution < 1.29 is 4.74 Å². The van der Waals surface area contributed by atoms with Crippen molar-refractivity contribution in [2.75, 3.05) is 26.8 Å². The number of hydrogen-bond donors (Lipinski definition) is 1. The van der Waals surface area contributed by atoms with Crippen molar-refractivity contribution in [1.29, 1.82) is 0 Å². The quantitative estimate of drug-likeness (QED) is 0.907. The van der Waals surface area contributed by atoms with Crippen LogP contribution in [0.1, 0.15) is 31.4 Å². The first-order chi connectivity index (χ1) is 9.61. The van der Waals surface area contributed by atoms with Gasteiger partial charge in [0.15, 0.2) is 0 Å². The molecule has 0 saturated carbocycles. The second kappa shape index (κ2) is 7.41. The van der Waals surface area contributed by atoms with Gasteiger partial charge in [0.25, 0.3) is 0 Å². The summed E-state index contributed by atoms with van der Waals surface area (Å²) in [6.07, 6.45) is 2.46. The van der Waals surface area contributed by atoms with Crippen LogP contribution in [-0.2, 0) is 4.74 Å². The van der Waals surface area contributed by atoms with E-state index in [1.807, 2.05) is 12.1 Å². The molecule has 1 heterocycles. The molecular formula is C16H25ClN2O. The Morgan fingerprint density at radius 2 is 2.10 bits per heavy atom. The minimum Gasteiger partial charge on any atom is -0.384 e. The molecule has 1 aliphatic heterocycles. The van der Waals surface area contributed by atoms with Gasteiger partial charge in [-0.25, -0.2) is 0 Å². The van der Waals surface area contributed by atoms with Crippen LogP contribution in [0.25, 0.3) is 0 Å². The highest BCUT2D eigenvalue weighted by atomic mass is 35.5. The smallest absolute Gasteiger partial charge is 0.0502 e. The Kier molecular flexibility index (Phi) is 5.85. The minimum absolute atomic E-state index is 0.0949. The third-order valence-corrected chi connectivity index (χ3v) is 4.31. The molecule has 1 aromatic carbocycles. The molecule has 2 N–H and O–H groups in total. The summed E-state index contributed by atoms with van der Waals surface area (Å²) in [5, 5.41) is 0.771. The summed E-state index contributed by atoms with van der Waals surface area (Å²) in [7, 11) is 1.78. The number of likely N-dealkylation sites (tertiary alicyclic amines) is 1. The van der Waals surface area contributed by atoms with E-state index in [0.717, 1.165) is 24.7 Å². The lowest BCUT2D eigenvalue weighted by molar-refractivity contribution is 0.0618. The van der Waals surface area contributed by atoms with E-state index in [1.54, 1.807) is 7.11 Å². The van der Waals surface area contributed by atoms with Crippen LogP contribution in [0.2, 0.25) is 5.02 Å². The van der Waals surface area contributed by atoms with Crippen molar-refractivity contribution >= 4 is 11.6 Å². The van der Waals surface area contributed by atoms with Gasteiger partial charge in [0, 0.05) is 30.8 Å². The zero-order chi connectivity index (χ0) is 14.5. The summed E-state index contributed by atoms with van der Waals surface area (Å²) >= 11 is 5.98. The predicted octanol–water partition coefficient (Wildman–Crippen LogP) is 3.09. The number of nitrogens with zero attached hydrogens (tertiary/aromatic N) is 1. The van der Waals surface area contributed by atoms with Crippen LogP contribution in [-0.4, -0.2) is 37.7 Å². The van der Waals surface area contributed by atoms with Gasteiger partial charge in [-0.15, -0.1) is 0 Å². The highest BCUT2D eigenvalue weighted by molar-refractivity contribution is 6.30. The molecule has 0 spiro atoms. The summed E-state index contributed by atoms with van der Waals surface area (Å²) in [5.74, 6) is 0.613. The van der Waals surface area contributed by atoms with E-state index in [9.17, 15) is 0 Å². The Morgan fingerprint density at radius 1 is 1.40 bits per heavy atom. The van der Waals surface area contributed by atoms with E-state index in [2.05, 4.69) is 24.0 Å². The fraction of sp³-hybridized carbons (Fsp3) is 0.625. The molecule has 2 rings (SSSR count). The number of ether oxygens (including phenoxy) is 1. The topological polar surface area (TPSA) is 38.5 Å². The molecule has 112 valence electrons. The lowest BCUT2D eigenvalue weighted by atomic mass is 9.92. The second-order valence-corrected chi connectivity index (χ2v) is 6.25. The van der Waals surface area contributed by atoms with Gasteiger partial charge in [0.2, 0.25) is 0 Å². The molecule has 1 saturated heterocycles. The average molecular weight is 297 g/mol. The summed E-state index contributed by atoms with van der Waals surface area (Å²) < 4.78 is 5.32. The van der Waals surface area contributed by atoms with E-state index in [4.69, 9.17) is 22.1 Å². The highest BCUT2D eigenvalue weighted by Gasteiger charge is 2.29. The van der Waals surface area contributed by atoms with Crippen LogP contribution in [0.5, 0.6) is 0 Å². The van der Waals surface area contributed by atoms with Gasteiger partial charge in [-0.05, 0) is 49.9 Å². The lowest BCUT2D eigenvalue weighted by Gasteiger charge is -2.40. The van der Waals surface area contributed by atoms with Crippen molar-refractivity contribution in [2.45, 2.75) is 31.8 Å². The van der Waals surface area contributed by atoms with Crippen LogP contribution < -0.4 is 5.73 Å². The lowest BCUT2D eigenvalue weighted by Crippen LogP contribution is -2.45. The van der Waals surface area contributed by atoms with Crippen LogP contribution >= 0.6 is 11.6 Å². The minimum atomic E-state index is 0.0949. The van der Waals surface area contributed by atoms with E-state index in [0.29, 0.717) is 5.92 Å². The number of methoxy groups -OCH3 is 1. The van der Waals surface area contributed by atoms with Gasteiger partial charge in [0.1, 0.15) is 0 Å². The number of rotatable bonds is 5. The number of benzene rings is 1. The second-order valence-electron chi connectivity index (χ2n) is 5.81. The molecule has 4 heteroatoms. The summed E-state index contributed by atoms with van der Waals surface area (Å²) in [6.45, 7) is 5.08. The summed E-state index contributed by atoms with van der Waals surface area (Å²) in [5.41, 5.74) is 7.50. The molecule has 1 aromatic rings. The standard InChI is InChI=1S/C16H25ClN2O/c1-12(18)16(14-5-7-15(17)8-6-14)19-9-3-4-13(10-19)11-20-2/h5-8,12-13,16H,3-4,9-11,18H2,1-2H3. The van der Waals surface area contributed by atoms with E-state index >= 15 is 0 Å². The van der Waals surface area contributed by atoms with Crippen LogP contribution in [0.3, 0.4) is 0 Å². The molecule has 1 aliphatic rings. The average Bonchev–Trinajstić information content (AvgIpc) is 2.42. The third-order valence-electron chi connectivity index (χ3n) is 4.06. The first-order valence-corrected chi connectivity index (χ1v) is 7.73. The van der Waals surface area contributed by atoms with Gasteiger partial charge in [-0.1, -0.05) is 23.7 Å². The van der Waals surface area contributed by atoms with Crippen LogP contribution in [0.4, 0.5) is 0 Å². The third kappa shape index (κ3) is 3.95. The number of hydrogen-bond acceptors (Lipinski definition) is 3. The zero-order valence-electron chi connectivity index (χ0n) is 12.4. The Balaban J connectivity index is 2.13. The monoisotopic (exact) mass is 296 g/mol. The van der Waals surface area contributed by atoms with Gasteiger partial charge >= 0.3 is 0 Å². The molecule has 3 atom stereocenters. The Bertz CT molecular complexity index is 405. The molecule has 3 nitrogen and oxygen atoms in total. The van der Waals surface area contributed by atoms with Crippen molar-refractivity contribution in [2.24, 2.45) is 11.7 Å². The largest absolute Gasteiger partial charge is 0.384 e. The Hall–Kier alpha value is -0.610. The molecule has 1 fully saturated rings. The molecule has 0 bridgehead atoms. The fourth-order valence-electron chi connectivity index (χ4n) is 3.23. The molecule has 0 aromatic heterocycles. The maximum atomic E-state index is 6.25. The molecule has 0 radical (unpaired) electrons. The van der Waals surface area contributed by atoms with Gasteiger partial charge < -0.3 is 10.5 Å². The number of nitrogens with two attached hydrogens (primary N) is 1. The molecule has 20 heavy (non-hydrogen) atoms. The zero-order valence-corrected chi connectivity index (χ0v) is 13.1. The van der Waals surface area contributed by atoms with Gasteiger partial charge in [0.05, 0.1) is 6.61 Å². The maximum Gasteiger partial charge on any atom is 0.0502 e. The Labute approximate surface area is 127 Å². The summed E-state index contributed by atoms with van der Waals surface area (Å²) in [4.78, 5) is 2.50. The molecule has 3 unspecified atom stereocenters. The normalized spacial score (nSPS) is 23.5. The number of piperidine rings is 1. The first-order valence-electron chi connectivity index (χ1n) is 7.36. The summed E-state index contributed by atoms with van der Waals surface area (Å²) in [6, 6.07) is 8.43. The molecular weight excluding hydrogens is 272 g/mol. The van der Waals surface area contributed by atoms with Crippen molar-refractivity contribution in [1.82, 2.24) is 4.90 Å². The Morgan fingerprint density at radius 3 is 2.70 bits per heavy atom. The van der Waals surface area contributed by atoms with Gasteiger partial charge in [-0.2, -0.15) is 0 Å². The van der Waals surface area contributed by atoms with Crippen molar-refractivity contribution in [3.63, 3.8) is 0 Å². The van der Waals surface area contributed by atoms with Crippen molar-refractivity contribution in [3.05, 3.63) is 34.9 Å². The van der Waals surface area contributed by atoms with Crippen LogP contribution in [0.15, 0.2) is 24.3 Å². The maximum absolute atomic E-state index is 6.25. The molecule has 0 amide bonds. The van der Waals surface area contributed by atoms with E-state index < -0.39 is 0 Å². The van der Waals surface area contributed by atoms with Crippen LogP contribution in [0, 0.1) is 5.92 Å². The van der Waals surface area contributed by atoms with Gasteiger partial charge in [-0.3, -0.25) is 4.90 Å². The fourth-order valence-corrected chi connectivity index (χ4v) is 3.35. The van der Waals surface area contributed by atoms with E-state index in [-0.39, 0.29) is 12.1 Å². The number of halogens is 1.